The Kier molecular flexibility index (Phi) is 3.72. The van der Waals surface area contributed by atoms with E-state index in [2.05, 4.69) is 24.1 Å². The molecule has 0 bridgehead atoms. The molecule has 1 aromatic rings. The quantitative estimate of drug-likeness (QED) is 0.849. The lowest BCUT2D eigenvalue weighted by Gasteiger charge is -2.15. The molecule has 2 rings (SSSR count). The largest absolute Gasteiger partial charge is 0.377 e. The third kappa shape index (κ3) is 3.00. The minimum atomic E-state index is 0.364. The van der Waals surface area contributed by atoms with E-state index < -0.39 is 0 Å². The van der Waals surface area contributed by atoms with Gasteiger partial charge < -0.3 is 10.1 Å². The molecule has 0 amide bonds. The Labute approximate surface area is 94.9 Å². The van der Waals surface area contributed by atoms with Crippen molar-refractivity contribution in [3.05, 3.63) is 16.1 Å². The van der Waals surface area contributed by atoms with Crippen LogP contribution in [-0.4, -0.2) is 30.3 Å². The minimum Gasteiger partial charge on any atom is -0.377 e. The molecule has 15 heavy (non-hydrogen) atoms. The monoisotopic (exact) mass is 226 g/mol. The third-order valence-electron chi connectivity index (χ3n) is 2.79. The Bertz CT molecular complexity index is 313. The van der Waals surface area contributed by atoms with Crippen molar-refractivity contribution in [1.82, 2.24) is 10.3 Å². The first kappa shape index (κ1) is 11.0. The molecule has 1 aliphatic rings. The van der Waals surface area contributed by atoms with Crippen molar-refractivity contribution < 1.29 is 4.74 Å². The van der Waals surface area contributed by atoms with Crippen LogP contribution in [-0.2, 0) is 11.2 Å². The summed E-state index contributed by atoms with van der Waals surface area (Å²) in [6.45, 7) is 6.14. The van der Waals surface area contributed by atoms with Gasteiger partial charge in [-0.15, -0.1) is 11.3 Å². The summed E-state index contributed by atoms with van der Waals surface area (Å²) in [5.41, 5.74) is 0. The van der Waals surface area contributed by atoms with Crippen LogP contribution < -0.4 is 5.32 Å². The van der Waals surface area contributed by atoms with Gasteiger partial charge in [-0.1, -0.05) is 0 Å². The summed E-state index contributed by atoms with van der Waals surface area (Å²) in [5, 5.41) is 4.76. The van der Waals surface area contributed by atoms with Crippen LogP contribution in [0.5, 0.6) is 0 Å². The first-order valence-electron chi connectivity index (χ1n) is 5.52. The second-order valence-electron chi connectivity index (χ2n) is 4.04. The zero-order chi connectivity index (χ0) is 10.7. The highest BCUT2D eigenvalue weighted by atomic mass is 32.1. The van der Waals surface area contributed by atoms with Crippen LogP contribution in [0.2, 0.25) is 0 Å². The fraction of sp³-hybridized carbons (Fsp3) is 0.727. The summed E-state index contributed by atoms with van der Waals surface area (Å²) in [6.07, 6.45) is 4.48. The summed E-state index contributed by atoms with van der Waals surface area (Å²) in [6, 6.07) is 0.533. The number of rotatable bonds is 4. The Hall–Kier alpha value is -0.450. The molecular weight excluding hydrogens is 208 g/mol. The average Bonchev–Trinajstić information content (AvgIpc) is 2.77. The molecule has 4 heteroatoms. The molecule has 3 nitrogen and oxygen atoms in total. The van der Waals surface area contributed by atoms with Gasteiger partial charge in [-0.2, -0.15) is 0 Å². The second-order valence-corrected chi connectivity index (χ2v) is 5.36. The zero-order valence-corrected chi connectivity index (χ0v) is 10.1. The van der Waals surface area contributed by atoms with Crippen molar-refractivity contribution in [3.63, 3.8) is 0 Å². The standard InChI is InChI=1S/C11H18N2OS/c1-8-7-13-11(15-8)3-5-12-10-4-6-14-9(10)2/h7,9-10,12H,3-6H2,1-2H3. The van der Waals surface area contributed by atoms with Crippen molar-refractivity contribution in [2.45, 2.75) is 38.8 Å². The lowest BCUT2D eigenvalue weighted by molar-refractivity contribution is 0.113. The lowest BCUT2D eigenvalue weighted by Crippen LogP contribution is -2.35. The number of hydrogen-bond donors (Lipinski definition) is 1. The van der Waals surface area contributed by atoms with Gasteiger partial charge in [0.05, 0.1) is 11.1 Å². The predicted molar refractivity (Wildman–Crippen MR) is 62.4 cm³/mol. The van der Waals surface area contributed by atoms with Crippen LogP contribution >= 0.6 is 11.3 Å². The molecule has 2 atom stereocenters. The molecular formula is C11H18N2OS. The zero-order valence-electron chi connectivity index (χ0n) is 9.32. The van der Waals surface area contributed by atoms with Gasteiger partial charge in [-0.05, 0) is 20.3 Å². The van der Waals surface area contributed by atoms with Gasteiger partial charge in [0.1, 0.15) is 0 Å². The maximum Gasteiger partial charge on any atom is 0.0940 e. The Balaban J connectivity index is 1.70. The van der Waals surface area contributed by atoms with Crippen molar-refractivity contribution in [2.24, 2.45) is 0 Å². The van der Waals surface area contributed by atoms with Gasteiger partial charge in [-0.25, -0.2) is 4.98 Å². The van der Waals surface area contributed by atoms with E-state index in [1.54, 1.807) is 11.3 Å². The fourth-order valence-corrected chi connectivity index (χ4v) is 2.67. The highest BCUT2D eigenvalue weighted by Crippen LogP contribution is 2.14. The smallest absolute Gasteiger partial charge is 0.0940 e. The van der Waals surface area contributed by atoms with Crippen molar-refractivity contribution in [2.75, 3.05) is 13.2 Å². The number of hydrogen-bond acceptors (Lipinski definition) is 4. The highest BCUT2D eigenvalue weighted by Gasteiger charge is 2.22. The molecule has 1 fully saturated rings. The van der Waals surface area contributed by atoms with Crippen molar-refractivity contribution in [3.8, 4) is 0 Å². The molecule has 1 saturated heterocycles. The van der Waals surface area contributed by atoms with E-state index in [9.17, 15) is 0 Å². The Morgan fingerprint density at radius 3 is 3.13 bits per heavy atom. The molecule has 1 N–H and O–H groups in total. The number of nitrogens with zero attached hydrogens (tertiary/aromatic N) is 1. The average molecular weight is 226 g/mol. The second kappa shape index (κ2) is 5.05. The van der Waals surface area contributed by atoms with Crippen molar-refractivity contribution in [1.29, 1.82) is 0 Å². The molecule has 0 aliphatic carbocycles. The number of ether oxygens (including phenoxy) is 1. The van der Waals surface area contributed by atoms with Crippen LogP contribution in [0.15, 0.2) is 6.20 Å². The first-order valence-corrected chi connectivity index (χ1v) is 6.33. The fourth-order valence-electron chi connectivity index (χ4n) is 1.88. The molecule has 0 saturated carbocycles. The SMILES string of the molecule is Cc1cnc(CCNC2CCOC2C)s1. The normalized spacial score (nSPS) is 26.0. The van der Waals surface area contributed by atoms with Crippen molar-refractivity contribution >= 4 is 11.3 Å². The summed E-state index contributed by atoms with van der Waals surface area (Å²) in [5.74, 6) is 0. The maximum atomic E-state index is 5.50. The van der Waals surface area contributed by atoms with Gasteiger partial charge in [0.2, 0.25) is 0 Å². The summed E-state index contributed by atoms with van der Waals surface area (Å²) in [4.78, 5) is 5.64. The number of thiazole rings is 1. The van der Waals surface area contributed by atoms with Gasteiger partial charge in [0, 0.05) is 36.7 Å². The maximum absolute atomic E-state index is 5.50. The topological polar surface area (TPSA) is 34.2 Å². The molecule has 2 heterocycles. The predicted octanol–water partition coefficient (Wildman–Crippen LogP) is 1.76. The number of aromatic nitrogens is 1. The van der Waals surface area contributed by atoms with E-state index in [1.165, 1.54) is 9.88 Å². The molecule has 0 aromatic carbocycles. The van der Waals surface area contributed by atoms with E-state index in [0.29, 0.717) is 12.1 Å². The van der Waals surface area contributed by atoms with Crippen LogP contribution in [0.1, 0.15) is 23.2 Å². The summed E-state index contributed by atoms with van der Waals surface area (Å²) >= 11 is 1.79. The molecule has 1 aliphatic heterocycles. The van der Waals surface area contributed by atoms with Crippen LogP contribution in [0.4, 0.5) is 0 Å². The van der Waals surface area contributed by atoms with E-state index in [1.807, 2.05) is 6.20 Å². The van der Waals surface area contributed by atoms with E-state index >= 15 is 0 Å². The Morgan fingerprint density at radius 1 is 1.67 bits per heavy atom. The minimum absolute atomic E-state index is 0.364. The number of aryl methyl sites for hydroxylation is 1. The van der Waals surface area contributed by atoms with Crippen LogP contribution in [0.25, 0.3) is 0 Å². The van der Waals surface area contributed by atoms with Gasteiger partial charge >= 0.3 is 0 Å². The lowest BCUT2D eigenvalue weighted by atomic mass is 10.1. The molecule has 0 radical (unpaired) electrons. The molecule has 2 unspecified atom stereocenters. The molecule has 84 valence electrons. The first-order chi connectivity index (χ1) is 7.25. The van der Waals surface area contributed by atoms with E-state index in [0.717, 1.165) is 26.0 Å². The molecule has 1 aromatic heterocycles. The van der Waals surface area contributed by atoms with E-state index in [-0.39, 0.29) is 0 Å². The third-order valence-corrected chi connectivity index (χ3v) is 3.76. The van der Waals surface area contributed by atoms with Gasteiger partial charge in [0.25, 0.3) is 0 Å². The molecule has 0 spiro atoms. The summed E-state index contributed by atoms with van der Waals surface area (Å²) in [7, 11) is 0. The van der Waals surface area contributed by atoms with Gasteiger partial charge in [-0.3, -0.25) is 0 Å². The highest BCUT2D eigenvalue weighted by molar-refractivity contribution is 7.11. The Morgan fingerprint density at radius 2 is 2.53 bits per heavy atom. The van der Waals surface area contributed by atoms with Crippen LogP contribution in [0.3, 0.4) is 0 Å². The van der Waals surface area contributed by atoms with Gasteiger partial charge in [0.15, 0.2) is 0 Å². The summed E-state index contributed by atoms with van der Waals surface area (Å²) < 4.78 is 5.50. The van der Waals surface area contributed by atoms with Crippen LogP contribution in [0, 0.1) is 6.92 Å². The number of nitrogens with one attached hydrogen (secondary N) is 1. The van der Waals surface area contributed by atoms with E-state index in [4.69, 9.17) is 4.74 Å².